The Labute approximate surface area is 235 Å². The molecule has 3 aromatic rings. The van der Waals surface area contributed by atoms with E-state index in [0.717, 1.165) is 11.1 Å². The number of aryl methyl sites for hydroxylation is 2. The number of Topliss-reactive ketones (excluding diaryl/α,β-unsaturated/α-hetero) is 1. The number of ketones is 1. The van der Waals surface area contributed by atoms with Gasteiger partial charge < -0.3 is 19.3 Å². The highest BCUT2D eigenvalue weighted by Crippen LogP contribution is 2.48. The van der Waals surface area contributed by atoms with Gasteiger partial charge in [-0.1, -0.05) is 41.4 Å². The zero-order chi connectivity index (χ0) is 28.6. The first-order valence-electron chi connectivity index (χ1n) is 11.8. The number of methoxy groups -OCH3 is 2. The second kappa shape index (κ2) is 11.0. The number of ether oxygens (including phenoxy) is 3. The minimum Gasteiger partial charge on any atom is -0.507 e. The van der Waals surface area contributed by atoms with Crippen molar-refractivity contribution in [2.24, 2.45) is 0 Å². The molecule has 4 rings (SSSR count). The van der Waals surface area contributed by atoms with Crippen molar-refractivity contribution < 1.29 is 33.7 Å². The van der Waals surface area contributed by atoms with Gasteiger partial charge in [-0.05, 0) is 60.9 Å². The Morgan fingerprint density at radius 3 is 2.26 bits per heavy atom. The molecular formula is C29H25Cl2NO7. The highest BCUT2D eigenvalue weighted by molar-refractivity contribution is 6.52. The molecule has 8 nitrogen and oxygen atoms in total. The largest absolute Gasteiger partial charge is 0.507 e. The van der Waals surface area contributed by atoms with E-state index in [1.807, 2.05) is 19.9 Å². The molecule has 10 heteroatoms. The standard InChI is InChI=1S/C29H25Cl2NO7/c1-14-9-10-18(11-15(14)2)32-24(17-7-6-8-19(12-17)39-16(3)33)22(26(35)29(32)36)25(34)20-13-21(30)28(38-5)23(31)27(20)37-4/h6-13,24,34H,1-5H3/b25-22+. The maximum atomic E-state index is 13.6. The minimum absolute atomic E-state index is 0.000194. The summed E-state index contributed by atoms with van der Waals surface area (Å²) in [7, 11) is 2.70. The monoisotopic (exact) mass is 569 g/mol. The third-order valence-corrected chi connectivity index (χ3v) is 7.07. The minimum atomic E-state index is -1.09. The van der Waals surface area contributed by atoms with E-state index in [0.29, 0.717) is 11.3 Å². The van der Waals surface area contributed by atoms with Crippen molar-refractivity contribution >= 4 is 52.3 Å². The van der Waals surface area contributed by atoms with Gasteiger partial charge in [0, 0.05) is 12.6 Å². The molecule has 0 saturated carbocycles. The van der Waals surface area contributed by atoms with E-state index in [2.05, 4.69) is 0 Å². The summed E-state index contributed by atoms with van der Waals surface area (Å²) in [5.41, 5.74) is 2.52. The van der Waals surface area contributed by atoms with Crippen LogP contribution in [0.4, 0.5) is 5.69 Å². The maximum absolute atomic E-state index is 13.6. The average molecular weight is 570 g/mol. The highest BCUT2D eigenvalue weighted by atomic mass is 35.5. The number of halogens is 2. The Morgan fingerprint density at radius 2 is 1.64 bits per heavy atom. The zero-order valence-corrected chi connectivity index (χ0v) is 23.3. The van der Waals surface area contributed by atoms with Gasteiger partial charge in [-0.3, -0.25) is 19.3 Å². The Kier molecular flexibility index (Phi) is 7.90. The van der Waals surface area contributed by atoms with Crippen LogP contribution in [0.25, 0.3) is 5.76 Å². The summed E-state index contributed by atoms with van der Waals surface area (Å²) in [5, 5.41) is 11.6. The second-order valence-corrected chi connectivity index (χ2v) is 9.68. The Balaban J connectivity index is 2.03. The fourth-order valence-electron chi connectivity index (χ4n) is 4.50. The molecule has 39 heavy (non-hydrogen) atoms. The molecule has 1 aliphatic heterocycles. The van der Waals surface area contributed by atoms with Gasteiger partial charge >= 0.3 is 5.97 Å². The lowest BCUT2D eigenvalue weighted by Crippen LogP contribution is -2.29. The van der Waals surface area contributed by atoms with E-state index in [9.17, 15) is 19.5 Å². The molecule has 1 fully saturated rings. The molecule has 1 unspecified atom stereocenters. The topological polar surface area (TPSA) is 102 Å². The number of aliphatic hydroxyl groups is 1. The molecule has 202 valence electrons. The smallest absolute Gasteiger partial charge is 0.308 e. The molecule has 3 aromatic carbocycles. The maximum Gasteiger partial charge on any atom is 0.308 e. The summed E-state index contributed by atoms with van der Waals surface area (Å²) in [4.78, 5) is 40.0. The molecule has 1 aliphatic rings. The fourth-order valence-corrected chi connectivity index (χ4v) is 5.18. The summed E-state index contributed by atoms with van der Waals surface area (Å²) >= 11 is 12.8. The third kappa shape index (κ3) is 5.05. The summed E-state index contributed by atoms with van der Waals surface area (Å²) in [6, 6.07) is 12.0. The lowest BCUT2D eigenvalue weighted by molar-refractivity contribution is -0.132. The number of aliphatic hydroxyl groups excluding tert-OH is 1. The van der Waals surface area contributed by atoms with Crippen molar-refractivity contribution in [1.29, 1.82) is 0 Å². The number of carbonyl (C=O) groups excluding carboxylic acids is 3. The predicted octanol–water partition coefficient (Wildman–Crippen LogP) is 6.18. The van der Waals surface area contributed by atoms with Crippen LogP contribution in [-0.4, -0.2) is 37.0 Å². The van der Waals surface area contributed by atoms with E-state index < -0.39 is 29.5 Å². The van der Waals surface area contributed by atoms with Crippen molar-refractivity contribution in [1.82, 2.24) is 0 Å². The van der Waals surface area contributed by atoms with Gasteiger partial charge in [-0.25, -0.2) is 0 Å². The van der Waals surface area contributed by atoms with Crippen LogP contribution in [0.1, 0.15) is 35.2 Å². The van der Waals surface area contributed by atoms with Crippen molar-refractivity contribution in [2.45, 2.75) is 26.8 Å². The number of rotatable bonds is 6. The fraction of sp³-hybridized carbons (Fsp3) is 0.207. The first-order chi connectivity index (χ1) is 18.5. The van der Waals surface area contributed by atoms with E-state index in [-0.39, 0.29) is 38.4 Å². The van der Waals surface area contributed by atoms with Crippen LogP contribution in [0.2, 0.25) is 10.0 Å². The van der Waals surface area contributed by atoms with Crippen molar-refractivity contribution in [3.63, 3.8) is 0 Å². The number of carbonyl (C=O) groups is 3. The van der Waals surface area contributed by atoms with Gasteiger partial charge in [-0.2, -0.15) is 0 Å². The molecule has 0 spiro atoms. The summed E-state index contributed by atoms with van der Waals surface area (Å²) in [5.74, 6) is -2.55. The first-order valence-corrected chi connectivity index (χ1v) is 12.5. The van der Waals surface area contributed by atoms with Crippen LogP contribution in [0, 0.1) is 13.8 Å². The van der Waals surface area contributed by atoms with Crippen LogP contribution in [0.15, 0.2) is 54.1 Å². The number of hydrogen-bond donors (Lipinski definition) is 1. The van der Waals surface area contributed by atoms with Crippen LogP contribution in [-0.2, 0) is 14.4 Å². The molecule has 1 saturated heterocycles. The predicted molar refractivity (Wildman–Crippen MR) is 148 cm³/mol. The molecule has 1 atom stereocenters. The number of hydrogen-bond acceptors (Lipinski definition) is 7. The van der Waals surface area contributed by atoms with Crippen LogP contribution >= 0.6 is 23.2 Å². The molecule has 1 N–H and O–H groups in total. The molecular weight excluding hydrogens is 545 g/mol. The van der Waals surface area contributed by atoms with Crippen LogP contribution in [0.5, 0.6) is 17.2 Å². The van der Waals surface area contributed by atoms with Gasteiger partial charge in [0.05, 0.1) is 36.4 Å². The molecule has 1 amide bonds. The number of benzene rings is 3. The number of nitrogens with zero attached hydrogens (tertiary/aromatic N) is 1. The lowest BCUT2D eigenvalue weighted by Gasteiger charge is -2.26. The Morgan fingerprint density at radius 1 is 0.949 bits per heavy atom. The average Bonchev–Trinajstić information content (AvgIpc) is 3.15. The number of amides is 1. The zero-order valence-electron chi connectivity index (χ0n) is 21.8. The molecule has 0 bridgehead atoms. The number of esters is 1. The van der Waals surface area contributed by atoms with Crippen molar-refractivity contribution in [3.8, 4) is 17.2 Å². The van der Waals surface area contributed by atoms with Crippen molar-refractivity contribution in [2.75, 3.05) is 19.1 Å². The summed E-state index contributed by atoms with van der Waals surface area (Å²) in [6.45, 7) is 5.08. The lowest BCUT2D eigenvalue weighted by atomic mass is 9.94. The number of anilines is 1. The Bertz CT molecular complexity index is 1550. The van der Waals surface area contributed by atoms with E-state index >= 15 is 0 Å². The van der Waals surface area contributed by atoms with Gasteiger partial charge in [-0.15, -0.1) is 0 Å². The Hall–Kier alpha value is -4.01. The first kappa shape index (κ1) is 28.0. The van der Waals surface area contributed by atoms with E-state index in [4.69, 9.17) is 37.4 Å². The van der Waals surface area contributed by atoms with Gasteiger partial charge in [0.2, 0.25) is 0 Å². The van der Waals surface area contributed by atoms with Gasteiger partial charge in [0.15, 0.2) is 11.5 Å². The van der Waals surface area contributed by atoms with Gasteiger partial charge in [0.25, 0.3) is 11.7 Å². The van der Waals surface area contributed by atoms with Crippen LogP contribution < -0.4 is 19.1 Å². The molecule has 1 heterocycles. The van der Waals surface area contributed by atoms with E-state index in [1.165, 1.54) is 38.2 Å². The summed E-state index contributed by atoms with van der Waals surface area (Å²) in [6.07, 6.45) is 0. The second-order valence-electron chi connectivity index (χ2n) is 8.89. The molecule has 0 radical (unpaired) electrons. The van der Waals surface area contributed by atoms with Crippen LogP contribution in [0.3, 0.4) is 0 Å². The highest BCUT2D eigenvalue weighted by Gasteiger charge is 2.47. The SMILES string of the molecule is COc1c(Cl)cc(/C(O)=C2\C(=O)C(=O)N(c3ccc(C)c(C)c3)C2c2cccc(OC(C)=O)c2)c(OC)c1Cl. The molecule has 0 aromatic heterocycles. The van der Waals surface area contributed by atoms with Crippen molar-refractivity contribution in [3.05, 3.63) is 86.4 Å². The normalized spacial score (nSPS) is 16.4. The third-order valence-electron chi connectivity index (χ3n) is 6.44. The summed E-state index contributed by atoms with van der Waals surface area (Å²) < 4.78 is 15.9. The van der Waals surface area contributed by atoms with E-state index in [1.54, 1.807) is 30.3 Å². The molecule has 0 aliphatic carbocycles. The quantitative estimate of drug-likeness (QED) is 0.124. The van der Waals surface area contributed by atoms with Gasteiger partial charge in [0.1, 0.15) is 16.5 Å².